The average Bonchev–Trinajstić information content (AvgIpc) is 3.15. The molecule has 1 saturated heterocycles. The second-order valence-electron chi connectivity index (χ2n) is 5.75. The van der Waals surface area contributed by atoms with Crippen molar-refractivity contribution in [3.63, 3.8) is 0 Å². The lowest BCUT2D eigenvalue weighted by Gasteiger charge is -2.33. The van der Waals surface area contributed by atoms with Gasteiger partial charge in [0.15, 0.2) is 0 Å². The van der Waals surface area contributed by atoms with Crippen molar-refractivity contribution in [3.8, 4) is 0 Å². The Morgan fingerprint density at radius 1 is 1.42 bits per heavy atom. The Morgan fingerprint density at radius 2 is 2.21 bits per heavy atom. The monoisotopic (exact) mass is 346 g/mol. The summed E-state index contributed by atoms with van der Waals surface area (Å²) in [5.74, 6) is 0.458. The van der Waals surface area contributed by atoms with Gasteiger partial charge in [-0.05, 0) is 43.7 Å². The summed E-state index contributed by atoms with van der Waals surface area (Å²) in [6.07, 6.45) is 4.37. The first-order valence-corrected chi connectivity index (χ1v) is 8.27. The van der Waals surface area contributed by atoms with Crippen LogP contribution < -0.4 is 0 Å². The van der Waals surface area contributed by atoms with Crippen LogP contribution in [-0.2, 0) is 11.2 Å². The van der Waals surface area contributed by atoms with Gasteiger partial charge in [0.1, 0.15) is 5.82 Å². The topological polar surface area (TPSA) is 9.23 Å². The first-order valence-electron chi connectivity index (χ1n) is 6.77. The van der Waals surface area contributed by atoms with Gasteiger partial charge in [0, 0.05) is 27.9 Å². The molecule has 19 heavy (non-hydrogen) atoms. The van der Waals surface area contributed by atoms with E-state index < -0.39 is 0 Å². The summed E-state index contributed by atoms with van der Waals surface area (Å²) in [5, 5.41) is 1.37. The van der Waals surface area contributed by atoms with Gasteiger partial charge in [-0.15, -0.1) is 0 Å². The lowest BCUT2D eigenvalue weighted by Crippen LogP contribution is -2.36. The largest absolute Gasteiger partial charge is 0.377 e. The molecule has 0 radical (unpaired) electrons. The van der Waals surface area contributed by atoms with Gasteiger partial charge in [-0.25, -0.2) is 4.39 Å². The number of hydrogen-bond donors (Lipinski definition) is 0. The average molecular weight is 348 g/mol. The highest BCUT2D eigenvalue weighted by atomic mass is 79.9. The molecule has 1 aromatic rings. The van der Waals surface area contributed by atoms with E-state index in [9.17, 15) is 4.39 Å². The van der Waals surface area contributed by atoms with Gasteiger partial charge >= 0.3 is 0 Å². The van der Waals surface area contributed by atoms with Crippen LogP contribution in [0.3, 0.4) is 0 Å². The summed E-state index contributed by atoms with van der Waals surface area (Å²) in [4.78, 5) is 0. The summed E-state index contributed by atoms with van der Waals surface area (Å²) in [5.41, 5.74) is 0.632. The van der Waals surface area contributed by atoms with Crippen LogP contribution >= 0.6 is 27.5 Å². The van der Waals surface area contributed by atoms with E-state index in [1.807, 2.05) is 0 Å². The van der Waals surface area contributed by atoms with E-state index in [1.54, 1.807) is 12.1 Å². The van der Waals surface area contributed by atoms with Crippen LogP contribution in [0.5, 0.6) is 0 Å². The molecule has 0 amide bonds. The van der Waals surface area contributed by atoms with Crippen molar-refractivity contribution in [2.24, 2.45) is 11.3 Å². The first kappa shape index (κ1) is 13.8. The molecule has 1 saturated carbocycles. The second-order valence-corrected chi connectivity index (χ2v) is 6.72. The molecule has 2 atom stereocenters. The second kappa shape index (κ2) is 5.34. The van der Waals surface area contributed by atoms with Crippen molar-refractivity contribution < 1.29 is 9.13 Å². The molecule has 3 rings (SSSR count). The number of ether oxygens (including phenoxy) is 1. The maximum atomic E-state index is 14.0. The minimum atomic E-state index is -0.200. The zero-order chi connectivity index (χ0) is 13.5. The van der Waals surface area contributed by atoms with Crippen molar-refractivity contribution in [2.75, 3.05) is 11.9 Å². The maximum absolute atomic E-state index is 14.0. The Kier molecular flexibility index (Phi) is 3.89. The molecular weight excluding hydrogens is 331 g/mol. The Bertz CT molecular complexity index is 457. The summed E-state index contributed by atoms with van der Waals surface area (Å²) in [6.45, 7) is 0.777. The molecule has 1 aliphatic heterocycles. The van der Waals surface area contributed by atoms with Gasteiger partial charge in [-0.1, -0.05) is 33.6 Å². The van der Waals surface area contributed by atoms with E-state index in [1.165, 1.54) is 18.9 Å². The van der Waals surface area contributed by atoms with Gasteiger partial charge < -0.3 is 4.74 Å². The number of rotatable bonds is 4. The Labute approximate surface area is 126 Å². The molecule has 0 spiro atoms. The standard InChI is InChI=1S/C15H17BrClFO/c16-9-15(6-7-19-14(15)10-4-5-10)8-11-12(17)2-1-3-13(11)18/h1-3,10,14H,4-9H2. The van der Waals surface area contributed by atoms with Gasteiger partial charge in [0.2, 0.25) is 0 Å². The van der Waals surface area contributed by atoms with E-state index in [4.69, 9.17) is 16.3 Å². The van der Waals surface area contributed by atoms with Crippen molar-refractivity contribution in [1.82, 2.24) is 0 Å². The molecule has 2 unspecified atom stereocenters. The third-order valence-corrected chi connectivity index (χ3v) is 5.88. The predicted molar refractivity (Wildman–Crippen MR) is 78.4 cm³/mol. The van der Waals surface area contributed by atoms with Gasteiger partial charge in [-0.3, -0.25) is 0 Å². The van der Waals surface area contributed by atoms with Crippen LogP contribution in [0.2, 0.25) is 5.02 Å². The van der Waals surface area contributed by atoms with Crippen LogP contribution in [0, 0.1) is 17.2 Å². The summed E-state index contributed by atoms with van der Waals surface area (Å²) in [7, 11) is 0. The first-order chi connectivity index (χ1) is 9.16. The third kappa shape index (κ3) is 2.57. The van der Waals surface area contributed by atoms with Gasteiger partial charge in [0.05, 0.1) is 6.10 Å². The van der Waals surface area contributed by atoms with Crippen molar-refractivity contribution in [2.45, 2.75) is 31.8 Å². The molecule has 0 bridgehead atoms. The van der Waals surface area contributed by atoms with Gasteiger partial charge in [-0.2, -0.15) is 0 Å². The predicted octanol–water partition coefficient (Wildman–Crippen LogP) is 4.60. The Balaban J connectivity index is 1.90. The highest BCUT2D eigenvalue weighted by Gasteiger charge is 2.50. The van der Waals surface area contributed by atoms with E-state index >= 15 is 0 Å². The molecule has 1 aromatic carbocycles. The van der Waals surface area contributed by atoms with Crippen molar-refractivity contribution in [3.05, 3.63) is 34.6 Å². The van der Waals surface area contributed by atoms with Crippen LogP contribution in [-0.4, -0.2) is 18.0 Å². The Morgan fingerprint density at radius 3 is 2.84 bits per heavy atom. The van der Waals surface area contributed by atoms with Crippen molar-refractivity contribution >= 4 is 27.5 Å². The molecular formula is C15H17BrClFO. The number of halogens is 3. The molecule has 104 valence electrons. The van der Waals surface area contributed by atoms with Crippen LogP contribution in [0.25, 0.3) is 0 Å². The molecule has 2 aliphatic rings. The zero-order valence-corrected chi connectivity index (χ0v) is 13.0. The quantitative estimate of drug-likeness (QED) is 0.723. The van der Waals surface area contributed by atoms with Crippen molar-refractivity contribution in [1.29, 1.82) is 0 Å². The van der Waals surface area contributed by atoms with Crippen LogP contribution in [0.15, 0.2) is 18.2 Å². The summed E-state index contributed by atoms with van der Waals surface area (Å²) >= 11 is 9.80. The number of benzene rings is 1. The fraction of sp³-hybridized carbons (Fsp3) is 0.600. The molecule has 4 heteroatoms. The molecule has 1 nitrogen and oxygen atoms in total. The highest BCUT2D eigenvalue weighted by Crippen LogP contribution is 2.50. The lowest BCUT2D eigenvalue weighted by molar-refractivity contribution is 0.0410. The van der Waals surface area contributed by atoms with E-state index in [-0.39, 0.29) is 17.3 Å². The minimum absolute atomic E-state index is 0.00694. The van der Waals surface area contributed by atoms with Gasteiger partial charge in [0.25, 0.3) is 0 Å². The van der Waals surface area contributed by atoms with Crippen LogP contribution in [0.1, 0.15) is 24.8 Å². The molecule has 1 aliphatic carbocycles. The minimum Gasteiger partial charge on any atom is -0.377 e. The molecule has 1 heterocycles. The Hall–Kier alpha value is -0.120. The van der Waals surface area contributed by atoms with E-state index in [0.717, 1.165) is 18.4 Å². The number of hydrogen-bond acceptors (Lipinski definition) is 1. The molecule has 2 fully saturated rings. The molecule has 0 aromatic heterocycles. The summed E-state index contributed by atoms with van der Waals surface area (Å²) < 4.78 is 20.0. The fourth-order valence-corrected chi connectivity index (χ4v) is 4.20. The highest BCUT2D eigenvalue weighted by molar-refractivity contribution is 9.09. The normalized spacial score (nSPS) is 30.8. The van der Waals surface area contributed by atoms with E-state index in [0.29, 0.717) is 22.9 Å². The SMILES string of the molecule is Fc1cccc(Cl)c1CC1(CBr)CCOC1C1CC1. The number of alkyl halides is 1. The smallest absolute Gasteiger partial charge is 0.127 e. The summed E-state index contributed by atoms with van der Waals surface area (Å²) in [6, 6.07) is 4.92. The lowest BCUT2D eigenvalue weighted by atomic mass is 9.76. The third-order valence-electron chi connectivity index (χ3n) is 4.41. The fourth-order valence-electron chi connectivity index (χ4n) is 3.18. The molecule has 0 N–H and O–H groups in total. The van der Waals surface area contributed by atoms with E-state index in [2.05, 4.69) is 15.9 Å². The van der Waals surface area contributed by atoms with Crippen LogP contribution in [0.4, 0.5) is 4.39 Å². The zero-order valence-electron chi connectivity index (χ0n) is 10.7. The maximum Gasteiger partial charge on any atom is 0.127 e.